The number of benzene rings is 1. The number of aliphatic hydroxyl groups is 1. The Morgan fingerprint density at radius 2 is 2.20 bits per heavy atom. The number of hydrogen-bond acceptors (Lipinski definition) is 3. The summed E-state index contributed by atoms with van der Waals surface area (Å²) in [6, 6.07) is 10.1. The molecule has 2 rings (SSSR count). The molecule has 15 heavy (non-hydrogen) atoms. The van der Waals surface area contributed by atoms with E-state index in [1.807, 2.05) is 24.3 Å². The highest BCUT2D eigenvalue weighted by Gasteiger charge is 2.04. The van der Waals surface area contributed by atoms with Gasteiger partial charge in [-0.05, 0) is 35.2 Å². The molecule has 1 aromatic heterocycles. The van der Waals surface area contributed by atoms with E-state index in [-0.39, 0.29) is 6.61 Å². The third-order valence-corrected chi connectivity index (χ3v) is 4.55. The zero-order valence-electron chi connectivity index (χ0n) is 7.81. The Morgan fingerprint density at radius 1 is 1.33 bits per heavy atom. The Labute approximate surface area is 105 Å². The molecule has 0 saturated heterocycles. The maximum Gasteiger partial charge on any atom is 0.0693 e. The van der Waals surface area contributed by atoms with Crippen molar-refractivity contribution in [3.8, 4) is 0 Å². The van der Waals surface area contributed by atoms with Crippen molar-refractivity contribution in [3.63, 3.8) is 0 Å². The predicted octanol–water partition coefficient (Wildman–Crippen LogP) is 4.15. The first-order valence-corrected chi connectivity index (χ1v) is 6.89. The lowest BCUT2D eigenvalue weighted by Crippen LogP contribution is -1.86. The van der Waals surface area contributed by atoms with Crippen LogP contribution in [0, 0.1) is 0 Å². The fraction of sp³-hybridized carbons (Fsp3) is 0.0909. The third kappa shape index (κ3) is 2.84. The van der Waals surface area contributed by atoms with Crippen molar-refractivity contribution in [1.29, 1.82) is 0 Å². The summed E-state index contributed by atoms with van der Waals surface area (Å²) in [4.78, 5) is 1.11. The standard InChI is InChI=1S/C11H9BrOS2/c12-9-3-4-10(8(6-9)7-13)15-11-2-1-5-14-11/h1-6,13H,7H2. The van der Waals surface area contributed by atoms with Crippen LogP contribution in [0.15, 0.2) is 49.3 Å². The van der Waals surface area contributed by atoms with Gasteiger partial charge in [-0.2, -0.15) is 0 Å². The molecule has 1 nitrogen and oxygen atoms in total. The van der Waals surface area contributed by atoms with E-state index >= 15 is 0 Å². The maximum absolute atomic E-state index is 9.24. The van der Waals surface area contributed by atoms with E-state index in [9.17, 15) is 5.11 Å². The van der Waals surface area contributed by atoms with Crippen molar-refractivity contribution in [2.24, 2.45) is 0 Å². The summed E-state index contributed by atoms with van der Waals surface area (Å²) in [7, 11) is 0. The molecule has 78 valence electrons. The minimum atomic E-state index is 0.0765. The predicted molar refractivity (Wildman–Crippen MR) is 68.5 cm³/mol. The minimum absolute atomic E-state index is 0.0765. The lowest BCUT2D eigenvalue weighted by atomic mass is 10.2. The Hall–Kier alpha value is -0.290. The van der Waals surface area contributed by atoms with Crippen molar-refractivity contribution in [2.75, 3.05) is 0 Å². The third-order valence-electron chi connectivity index (χ3n) is 1.90. The van der Waals surface area contributed by atoms with Gasteiger partial charge in [0.15, 0.2) is 0 Å². The summed E-state index contributed by atoms with van der Waals surface area (Å²) in [5, 5.41) is 11.3. The van der Waals surface area contributed by atoms with Crippen molar-refractivity contribution in [3.05, 3.63) is 45.7 Å². The van der Waals surface area contributed by atoms with Gasteiger partial charge in [0.05, 0.1) is 10.8 Å². The molecular formula is C11H9BrOS2. The molecule has 1 heterocycles. The molecule has 4 heteroatoms. The molecule has 0 fully saturated rings. The number of hydrogen-bond donors (Lipinski definition) is 1. The fourth-order valence-corrected chi connectivity index (χ4v) is 3.44. The van der Waals surface area contributed by atoms with Crippen LogP contribution in [0.3, 0.4) is 0 Å². The molecular weight excluding hydrogens is 292 g/mol. The molecule has 0 aliphatic heterocycles. The van der Waals surface area contributed by atoms with E-state index in [4.69, 9.17) is 0 Å². The maximum atomic E-state index is 9.24. The number of rotatable bonds is 3. The molecule has 0 saturated carbocycles. The Morgan fingerprint density at radius 3 is 2.87 bits per heavy atom. The Balaban J connectivity index is 2.28. The van der Waals surface area contributed by atoms with Crippen LogP contribution in [0.1, 0.15) is 5.56 Å². The summed E-state index contributed by atoms with van der Waals surface area (Å²) >= 11 is 6.80. The summed E-state index contributed by atoms with van der Waals surface area (Å²) in [6.45, 7) is 0.0765. The van der Waals surface area contributed by atoms with Gasteiger partial charge in [-0.1, -0.05) is 33.8 Å². The van der Waals surface area contributed by atoms with Crippen LogP contribution in [0.25, 0.3) is 0 Å². The number of aliphatic hydroxyl groups excluding tert-OH is 1. The van der Waals surface area contributed by atoms with Gasteiger partial charge in [-0.25, -0.2) is 0 Å². The van der Waals surface area contributed by atoms with E-state index in [0.717, 1.165) is 14.9 Å². The molecule has 2 aromatic rings. The van der Waals surface area contributed by atoms with Gasteiger partial charge in [0, 0.05) is 9.37 Å². The number of thiophene rings is 1. The molecule has 1 N–H and O–H groups in total. The minimum Gasteiger partial charge on any atom is -0.392 e. The first-order chi connectivity index (χ1) is 7.29. The normalized spacial score (nSPS) is 10.5. The topological polar surface area (TPSA) is 20.2 Å². The van der Waals surface area contributed by atoms with Crippen LogP contribution >= 0.6 is 39.0 Å². The second-order valence-corrected chi connectivity index (χ2v) is 6.15. The van der Waals surface area contributed by atoms with E-state index in [1.54, 1.807) is 23.1 Å². The van der Waals surface area contributed by atoms with E-state index < -0.39 is 0 Å². The first kappa shape index (κ1) is 11.2. The van der Waals surface area contributed by atoms with Crippen molar-refractivity contribution in [2.45, 2.75) is 15.7 Å². The second kappa shape index (κ2) is 5.16. The average molecular weight is 301 g/mol. The Bertz CT molecular complexity index is 440. The highest BCUT2D eigenvalue weighted by atomic mass is 79.9. The van der Waals surface area contributed by atoms with Gasteiger partial charge in [-0.3, -0.25) is 0 Å². The first-order valence-electron chi connectivity index (χ1n) is 4.40. The van der Waals surface area contributed by atoms with E-state index in [2.05, 4.69) is 27.4 Å². The quantitative estimate of drug-likeness (QED) is 0.919. The van der Waals surface area contributed by atoms with Gasteiger partial charge >= 0.3 is 0 Å². The highest BCUT2D eigenvalue weighted by Crippen LogP contribution is 2.34. The van der Waals surface area contributed by atoms with Gasteiger partial charge in [0.1, 0.15) is 0 Å². The van der Waals surface area contributed by atoms with Crippen LogP contribution in [0.4, 0.5) is 0 Å². The molecule has 0 amide bonds. The van der Waals surface area contributed by atoms with Crippen LogP contribution in [-0.2, 0) is 6.61 Å². The fourth-order valence-electron chi connectivity index (χ4n) is 1.20. The summed E-state index contributed by atoms with van der Waals surface area (Å²) in [6.07, 6.45) is 0. The zero-order valence-corrected chi connectivity index (χ0v) is 11.0. The second-order valence-electron chi connectivity index (χ2n) is 2.94. The van der Waals surface area contributed by atoms with Crippen LogP contribution in [0.5, 0.6) is 0 Å². The molecule has 1 aromatic carbocycles. The SMILES string of the molecule is OCc1cc(Br)ccc1Sc1cccs1. The molecule has 0 bridgehead atoms. The van der Waals surface area contributed by atoms with Crippen molar-refractivity contribution >= 4 is 39.0 Å². The average Bonchev–Trinajstić information content (AvgIpc) is 2.73. The molecule has 0 spiro atoms. The molecule has 0 unspecified atom stereocenters. The largest absolute Gasteiger partial charge is 0.392 e. The number of halogens is 1. The van der Waals surface area contributed by atoms with E-state index in [1.165, 1.54) is 4.21 Å². The van der Waals surface area contributed by atoms with Crippen LogP contribution in [0.2, 0.25) is 0 Å². The smallest absolute Gasteiger partial charge is 0.0693 e. The van der Waals surface area contributed by atoms with Crippen LogP contribution in [-0.4, -0.2) is 5.11 Å². The summed E-state index contributed by atoms with van der Waals surface area (Å²) < 4.78 is 2.24. The molecule has 0 aliphatic rings. The molecule has 0 radical (unpaired) electrons. The van der Waals surface area contributed by atoms with Gasteiger partial charge in [0.25, 0.3) is 0 Å². The zero-order chi connectivity index (χ0) is 10.7. The van der Waals surface area contributed by atoms with Crippen molar-refractivity contribution < 1.29 is 5.11 Å². The Kier molecular flexibility index (Phi) is 3.86. The highest BCUT2D eigenvalue weighted by molar-refractivity contribution is 9.10. The van der Waals surface area contributed by atoms with Gasteiger partial charge in [-0.15, -0.1) is 11.3 Å². The van der Waals surface area contributed by atoms with Crippen LogP contribution < -0.4 is 0 Å². The van der Waals surface area contributed by atoms with Gasteiger partial charge < -0.3 is 5.11 Å². The molecule has 0 aliphatic carbocycles. The monoisotopic (exact) mass is 300 g/mol. The van der Waals surface area contributed by atoms with E-state index in [0.29, 0.717) is 0 Å². The summed E-state index contributed by atoms with van der Waals surface area (Å²) in [5.74, 6) is 0. The lowest BCUT2D eigenvalue weighted by molar-refractivity contribution is 0.279. The molecule has 0 atom stereocenters. The van der Waals surface area contributed by atoms with Crippen molar-refractivity contribution in [1.82, 2.24) is 0 Å². The van der Waals surface area contributed by atoms with Gasteiger partial charge in [0.2, 0.25) is 0 Å². The lowest BCUT2D eigenvalue weighted by Gasteiger charge is -2.05. The summed E-state index contributed by atoms with van der Waals surface area (Å²) in [5.41, 5.74) is 0.961.